The first-order valence-electron chi connectivity index (χ1n) is 6.17. The van der Waals surface area contributed by atoms with Gasteiger partial charge in [0.1, 0.15) is 11.6 Å². The molecule has 5 nitrogen and oxygen atoms in total. The Bertz CT molecular complexity index is 463. The van der Waals surface area contributed by atoms with Gasteiger partial charge in [-0.25, -0.2) is 9.18 Å². The Morgan fingerprint density at radius 2 is 2.32 bits per heavy atom. The molecule has 1 aliphatic carbocycles. The normalized spacial score (nSPS) is 14.1. The summed E-state index contributed by atoms with van der Waals surface area (Å²) < 4.78 is 18.1. The molecule has 2 rings (SSSR count). The molecule has 2 amide bonds. The predicted octanol–water partition coefficient (Wildman–Crippen LogP) is 1.82. The fourth-order valence-corrected chi connectivity index (χ4v) is 1.90. The van der Waals surface area contributed by atoms with Crippen LogP contribution in [0.25, 0.3) is 0 Å². The highest BCUT2D eigenvalue weighted by atomic mass is 19.1. The zero-order valence-electron chi connectivity index (χ0n) is 10.7. The molecule has 19 heavy (non-hydrogen) atoms. The van der Waals surface area contributed by atoms with Crippen LogP contribution in [0.2, 0.25) is 0 Å². The van der Waals surface area contributed by atoms with Crippen LogP contribution in [0, 0.1) is 5.82 Å². The molecule has 104 valence electrons. The molecule has 1 aromatic rings. The van der Waals surface area contributed by atoms with Crippen LogP contribution in [-0.2, 0) is 0 Å². The van der Waals surface area contributed by atoms with Gasteiger partial charge < -0.3 is 20.1 Å². The first-order valence-corrected chi connectivity index (χ1v) is 6.17. The van der Waals surface area contributed by atoms with Gasteiger partial charge in [-0.2, -0.15) is 0 Å². The number of hydrogen-bond acceptors (Lipinski definition) is 3. The number of rotatable bonds is 5. The molecule has 6 heteroatoms. The summed E-state index contributed by atoms with van der Waals surface area (Å²) in [5, 5.41) is 11.6. The third-order valence-corrected chi connectivity index (χ3v) is 2.99. The van der Waals surface area contributed by atoms with E-state index >= 15 is 0 Å². The molecule has 0 aromatic heterocycles. The van der Waals surface area contributed by atoms with Gasteiger partial charge in [0, 0.05) is 18.7 Å². The third-order valence-electron chi connectivity index (χ3n) is 2.99. The fourth-order valence-electron chi connectivity index (χ4n) is 1.90. The number of anilines is 1. The molecule has 2 N–H and O–H groups in total. The monoisotopic (exact) mass is 268 g/mol. The summed E-state index contributed by atoms with van der Waals surface area (Å²) in [4.78, 5) is 13.7. The van der Waals surface area contributed by atoms with Crippen LogP contribution in [0.1, 0.15) is 12.8 Å². The predicted molar refractivity (Wildman–Crippen MR) is 68.8 cm³/mol. The van der Waals surface area contributed by atoms with E-state index in [1.807, 2.05) is 0 Å². The number of aliphatic hydroxyl groups excluding tert-OH is 1. The number of nitrogens with zero attached hydrogens (tertiary/aromatic N) is 1. The Labute approximate surface area is 111 Å². The summed E-state index contributed by atoms with van der Waals surface area (Å²) >= 11 is 0. The van der Waals surface area contributed by atoms with E-state index in [0.29, 0.717) is 12.2 Å². The van der Waals surface area contributed by atoms with E-state index in [9.17, 15) is 9.18 Å². The minimum atomic E-state index is -0.427. The number of methoxy groups -OCH3 is 1. The Morgan fingerprint density at radius 1 is 1.58 bits per heavy atom. The summed E-state index contributed by atoms with van der Waals surface area (Å²) in [6, 6.07) is 3.81. The van der Waals surface area contributed by atoms with Gasteiger partial charge in [-0.05, 0) is 25.0 Å². The maximum atomic E-state index is 13.1. The van der Waals surface area contributed by atoms with Gasteiger partial charge in [-0.1, -0.05) is 0 Å². The quantitative estimate of drug-likeness (QED) is 0.856. The largest absolute Gasteiger partial charge is 0.494 e. The van der Waals surface area contributed by atoms with E-state index in [2.05, 4.69) is 5.32 Å². The molecule has 0 unspecified atom stereocenters. The highest BCUT2D eigenvalue weighted by molar-refractivity contribution is 5.91. The van der Waals surface area contributed by atoms with Crippen molar-refractivity contribution >= 4 is 11.7 Å². The van der Waals surface area contributed by atoms with Gasteiger partial charge in [0.2, 0.25) is 0 Å². The lowest BCUT2D eigenvalue weighted by Gasteiger charge is -2.22. The van der Waals surface area contributed by atoms with Crippen LogP contribution in [0.5, 0.6) is 5.75 Å². The minimum Gasteiger partial charge on any atom is -0.494 e. The smallest absolute Gasteiger partial charge is 0.322 e. The van der Waals surface area contributed by atoms with Crippen molar-refractivity contribution in [2.45, 2.75) is 18.9 Å². The van der Waals surface area contributed by atoms with Crippen LogP contribution < -0.4 is 10.1 Å². The minimum absolute atomic E-state index is 0.0789. The molecular weight excluding hydrogens is 251 g/mol. The molecule has 0 heterocycles. The Morgan fingerprint density at radius 3 is 2.89 bits per heavy atom. The van der Waals surface area contributed by atoms with Gasteiger partial charge in [0.05, 0.1) is 19.4 Å². The van der Waals surface area contributed by atoms with Crippen LogP contribution in [0.3, 0.4) is 0 Å². The maximum absolute atomic E-state index is 13.1. The van der Waals surface area contributed by atoms with E-state index in [1.54, 1.807) is 4.90 Å². The van der Waals surface area contributed by atoms with Crippen LogP contribution in [-0.4, -0.2) is 42.3 Å². The van der Waals surface area contributed by atoms with Crippen molar-refractivity contribution in [1.29, 1.82) is 0 Å². The second-order valence-electron chi connectivity index (χ2n) is 4.42. The van der Waals surface area contributed by atoms with Crippen molar-refractivity contribution in [3.63, 3.8) is 0 Å². The first-order chi connectivity index (χ1) is 9.15. The first kappa shape index (κ1) is 13.6. The van der Waals surface area contributed by atoms with Crippen LogP contribution in [0.4, 0.5) is 14.9 Å². The van der Waals surface area contributed by atoms with E-state index in [0.717, 1.165) is 12.8 Å². The highest BCUT2D eigenvalue weighted by Gasteiger charge is 2.32. The lowest BCUT2D eigenvalue weighted by atomic mass is 10.3. The van der Waals surface area contributed by atoms with E-state index in [-0.39, 0.29) is 24.4 Å². The van der Waals surface area contributed by atoms with Crippen molar-refractivity contribution in [2.75, 3.05) is 25.6 Å². The van der Waals surface area contributed by atoms with Crippen molar-refractivity contribution in [3.05, 3.63) is 24.0 Å². The van der Waals surface area contributed by atoms with E-state index < -0.39 is 5.82 Å². The second-order valence-corrected chi connectivity index (χ2v) is 4.42. The van der Waals surface area contributed by atoms with Gasteiger partial charge in [-0.15, -0.1) is 0 Å². The molecule has 0 bridgehead atoms. The molecule has 0 radical (unpaired) electrons. The number of amides is 2. The molecule has 0 saturated heterocycles. The topological polar surface area (TPSA) is 61.8 Å². The molecule has 0 aliphatic heterocycles. The van der Waals surface area contributed by atoms with Crippen molar-refractivity contribution in [1.82, 2.24) is 4.90 Å². The number of halogens is 1. The standard InChI is InChI=1S/C13H17FN2O3/c1-19-12-8-9(14)2-5-11(12)15-13(18)16(6-7-17)10-3-4-10/h2,5,8,10,17H,3-4,6-7H2,1H3,(H,15,18). The van der Waals surface area contributed by atoms with Crippen LogP contribution >= 0.6 is 0 Å². The van der Waals surface area contributed by atoms with Crippen LogP contribution in [0.15, 0.2) is 18.2 Å². The van der Waals surface area contributed by atoms with E-state index in [4.69, 9.17) is 9.84 Å². The number of hydrogen-bond donors (Lipinski definition) is 2. The van der Waals surface area contributed by atoms with Gasteiger partial charge in [0.15, 0.2) is 0 Å². The summed E-state index contributed by atoms with van der Waals surface area (Å²) in [7, 11) is 1.41. The molecule has 1 aromatic carbocycles. The maximum Gasteiger partial charge on any atom is 0.322 e. The number of carbonyl (C=O) groups excluding carboxylic acids is 1. The van der Waals surface area contributed by atoms with Crippen molar-refractivity contribution < 1.29 is 19.0 Å². The van der Waals surface area contributed by atoms with Gasteiger partial charge in [-0.3, -0.25) is 0 Å². The summed E-state index contributed by atoms with van der Waals surface area (Å²) in [6.07, 6.45) is 1.90. The SMILES string of the molecule is COc1cc(F)ccc1NC(=O)N(CCO)C1CC1. The number of urea groups is 1. The fraction of sp³-hybridized carbons (Fsp3) is 0.462. The lowest BCUT2D eigenvalue weighted by Crippen LogP contribution is -2.38. The highest BCUT2D eigenvalue weighted by Crippen LogP contribution is 2.29. The average molecular weight is 268 g/mol. The summed E-state index contributed by atoms with van der Waals surface area (Å²) in [5.41, 5.74) is 0.414. The van der Waals surface area contributed by atoms with Gasteiger partial charge >= 0.3 is 6.03 Å². The average Bonchev–Trinajstić information content (AvgIpc) is 3.22. The Balaban J connectivity index is 2.08. The zero-order valence-corrected chi connectivity index (χ0v) is 10.7. The lowest BCUT2D eigenvalue weighted by molar-refractivity contribution is 0.185. The van der Waals surface area contributed by atoms with Crippen molar-refractivity contribution in [2.24, 2.45) is 0 Å². The summed E-state index contributed by atoms with van der Waals surface area (Å²) in [6.45, 7) is 0.213. The Kier molecular flexibility index (Phi) is 4.21. The number of aliphatic hydroxyl groups is 1. The third kappa shape index (κ3) is 3.35. The second kappa shape index (κ2) is 5.88. The Hall–Kier alpha value is -1.82. The molecule has 1 aliphatic rings. The molecule has 1 fully saturated rings. The molecule has 1 saturated carbocycles. The van der Waals surface area contributed by atoms with Crippen molar-refractivity contribution in [3.8, 4) is 5.75 Å². The number of benzene rings is 1. The summed E-state index contributed by atoms with van der Waals surface area (Å²) in [5.74, 6) is -0.155. The number of carbonyl (C=O) groups is 1. The van der Waals surface area contributed by atoms with E-state index in [1.165, 1.54) is 25.3 Å². The number of nitrogens with one attached hydrogen (secondary N) is 1. The zero-order chi connectivity index (χ0) is 13.8. The molecule has 0 spiro atoms. The molecular formula is C13H17FN2O3. The number of ether oxygens (including phenoxy) is 1. The van der Waals surface area contributed by atoms with Gasteiger partial charge in [0.25, 0.3) is 0 Å². The molecule has 0 atom stereocenters.